The van der Waals surface area contributed by atoms with Crippen molar-refractivity contribution in [3.05, 3.63) is 35.9 Å². The number of carbonyl (C=O) groups excluding carboxylic acids is 2. The van der Waals surface area contributed by atoms with E-state index in [1.807, 2.05) is 51.1 Å². The lowest BCUT2D eigenvalue weighted by atomic mass is 10.1. The summed E-state index contributed by atoms with van der Waals surface area (Å²) in [7, 11) is 0. The van der Waals surface area contributed by atoms with Gasteiger partial charge in [0.1, 0.15) is 6.54 Å². The van der Waals surface area contributed by atoms with E-state index >= 15 is 0 Å². The normalized spacial score (nSPS) is 11.0. The van der Waals surface area contributed by atoms with Crippen LogP contribution in [0, 0.1) is 0 Å². The molecule has 0 heterocycles. The first-order valence-corrected chi connectivity index (χ1v) is 9.71. The molecule has 0 atom stereocenters. The van der Waals surface area contributed by atoms with Gasteiger partial charge < -0.3 is 20.9 Å². The van der Waals surface area contributed by atoms with E-state index in [4.69, 9.17) is 0 Å². The first-order chi connectivity index (χ1) is 13.1. The molecule has 1 aromatic carbocycles. The highest BCUT2D eigenvalue weighted by atomic mass is 16.2. The Morgan fingerprint density at radius 2 is 1.67 bits per heavy atom. The summed E-state index contributed by atoms with van der Waals surface area (Å²) in [5, 5.41) is 9.06. The summed E-state index contributed by atoms with van der Waals surface area (Å²) in [6, 6.07) is 10.0. The second-order valence-electron chi connectivity index (χ2n) is 6.02. The van der Waals surface area contributed by atoms with E-state index < -0.39 is 0 Å². The minimum Gasteiger partial charge on any atom is -0.357 e. The van der Waals surface area contributed by atoms with Crippen LogP contribution in [-0.2, 0) is 16.0 Å². The fourth-order valence-corrected chi connectivity index (χ4v) is 2.56. The van der Waals surface area contributed by atoms with Crippen molar-refractivity contribution in [1.82, 2.24) is 20.9 Å². The van der Waals surface area contributed by atoms with Crippen molar-refractivity contribution < 1.29 is 9.59 Å². The van der Waals surface area contributed by atoms with Crippen LogP contribution in [0.1, 0.15) is 32.8 Å². The molecule has 0 spiro atoms. The van der Waals surface area contributed by atoms with Crippen LogP contribution in [-0.4, -0.2) is 61.9 Å². The number of nitrogens with zero attached hydrogens (tertiary/aromatic N) is 2. The number of nitrogens with one attached hydrogen (secondary N) is 3. The molecular formula is C20H33N5O2. The van der Waals surface area contributed by atoms with Gasteiger partial charge in [0, 0.05) is 39.1 Å². The van der Waals surface area contributed by atoms with Crippen molar-refractivity contribution in [1.29, 1.82) is 0 Å². The van der Waals surface area contributed by atoms with Gasteiger partial charge in [0.05, 0.1) is 0 Å². The maximum absolute atomic E-state index is 12.0. The highest BCUT2D eigenvalue weighted by Gasteiger charge is 2.09. The van der Waals surface area contributed by atoms with Crippen molar-refractivity contribution in [2.45, 2.75) is 33.6 Å². The first-order valence-electron chi connectivity index (χ1n) is 9.71. The molecule has 1 aromatic rings. The molecule has 0 radical (unpaired) electrons. The maximum atomic E-state index is 12.0. The fraction of sp³-hybridized carbons (Fsp3) is 0.550. The molecule has 0 saturated carbocycles. The van der Waals surface area contributed by atoms with Gasteiger partial charge in [-0.25, -0.2) is 4.99 Å². The summed E-state index contributed by atoms with van der Waals surface area (Å²) in [5.74, 6) is 0.535. The van der Waals surface area contributed by atoms with E-state index in [1.54, 1.807) is 4.90 Å². The Hall–Kier alpha value is -2.57. The number of benzene rings is 1. The van der Waals surface area contributed by atoms with Gasteiger partial charge in [0.25, 0.3) is 0 Å². The number of rotatable bonds is 11. The minimum absolute atomic E-state index is 0.0497. The van der Waals surface area contributed by atoms with Crippen molar-refractivity contribution in [2.75, 3.05) is 39.3 Å². The molecule has 0 saturated heterocycles. The second-order valence-corrected chi connectivity index (χ2v) is 6.02. The van der Waals surface area contributed by atoms with Gasteiger partial charge in [-0.3, -0.25) is 9.59 Å². The van der Waals surface area contributed by atoms with Crippen molar-refractivity contribution in [3.8, 4) is 0 Å². The standard InChI is InChI=1S/C20H33N5O2/c1-4-21-20(23-15-13-19(27)25(5-2)6-3)24-16-18(26)22-14-12-17-10-8-7-9-11-17/h7-11H,4-6,12-16H2,1-3H3,(H,22,26)(H2,21,23,24). The molecular weight excluding hydrogens is 342 g/mol. The second kappa shape index (κ2) is 13.6. The third-order valence-electron chi connectivity index (χ3n) is 4.05. The minimum atomic E-state index is -0.123. The van der Waals surface area contributed by atoms with Gasteiger partial charge in [-0.05, 0) is 32.8 Å². The smallest absolute Gasteiger partial charge is 0.241 e. The molecule has 0 bridgehead atoms. The van der Waals surface area contributed by atoms with E-state index in [1.165, 1.54) is 5.56 Å². The summed E-state index contributed by atoms with van der Waals surface area (Å²) in [4.78, 5) is 30.0. The Bertz CT molecular complexity index is 585. The monoisotopic (exact) mass is 375 g/mol. The van der Waals surface area contributed by atoms with Crippen LogP contribution in [0.5, 0.6) is 0 Å². The zero-order valence-corrected chi connectivity index (χ0v) is 16.8. The molecule has 1 rings (SSSR count). The molecule has 0 aliphatic heterocycles. The van der Waals surface area contributed by atoms with Crippen LogP contribution in [0.4, 0.5) is 0 Å². The maximum Gasteiger partial charge on any atom is 0.241 e. The van der Waals surface area contributed by atoms with Gasteiger partial charge in [0.15, 0.2) is 5.96 Å². The lowest BCUT2D eigenvalue weighted by Gasteiger charge is -2.19. The number of amides is 2. The van der Waals surface area contributed by atoms with E-state index in [0.717, 1.165) is 6.42 Å². The van der Waals surface area contributed by atoms with E-state index in [0.29, 0.717) is 45.1 Å². The van der Waals surface area contributed by atoms with E-state index in [9.17, 15) is 9.59 Å². The molecule has 0 aromatic heterocycles. The Kier molecular flexibility index (Phi) is 11.3. The Balaban J connectivity index is 2.34. The average molecular weight is 376 g/mol. The number of hydrogen-bond donors (Lipinski definition) is 3. The Morgan fingerprint density at radius 1 is 0.963 bits per heavy atom. The van der Waals surface area contributed by atoms with Gasteiger partial charge >= 0.3 is 0 Å². The van der Waals surface area contributed by atoms with Crippen molar-refractivity contribution in [3.63, 3.8) is 0 Å². The summed E-state index contributed by atoms with van der Waals surface area (Å²) in [6.07, 6.45) is 1.19. The largest absolute Gasteiger partial charge is 0.357 e. The van der Waals surface area contributed by atoms with Crippen LogP contribution in [0.3, 0.4) is 0 Å². The number of carbonyl (C=O) groups is 2. The third-order valence-corrected chi connectivity index (χ3v) is 4.05. The average Bonchev–Trinajstić information content (AvgIpc) is 2.68. The van der Waals surface area contributed by atoms with Gasteiger partial charge in [-0.2, -0.15) is 0 Å². The molecule has 7 nitrogen and oxygen atoms in total. The van der Waals surface area contributed by atoms with Crippen LogP contribution >= 0.6 is 0 Å². The molecule has 0 aliphatic carbocycles. The quantitative estimate of drug-likeness (QED) is 0.400. The van der Waals surface area contributed by atoms with E-state index in [2.05, 4.69) is 20.9 Å². The van der Waals surface area contributed by atoms with Gasteiger partial charge in [0.2, 0.25) is 11.8 Å². The van der Waals surface area contributed by atoms with Gasteiger partial charge in [-0.15, -0.1) is 0 Å². The highest BCUT2D eigenvalue weighted by Crippen LogP contribution is 1.98. The molecule has 0 unspecified atom stereocenters. The SMILES string of the molecule is CCNC(=NCC(=O)NCCc1ccccc1)NCCC(=O)N(CC)CC. The van der Waals surface area contributed by atoms with Crippen LogP contribution < -0.4 is 16.0 Å². The zero-order valence-electron chi connectivity index (χ0n) is 16.8. The number of aliphatic imine (C=N–C) groups is 1. The topological polar surface area (TPSA) is 85.8 Å². The summed E-state index contributed by atoms with van der Waals surface area (Å²) in [5.41, 5.74) is 1.19. The molecule has 3 N–H and O–H groups in total. The molecule has 0 aliphatic rings. The fourth-order valence-electron chi connectivity index (χ4n) is 2.56. The van der Waals surface area contributed by atoms with Gasteiger partial charge in [-0.1, -0.05) is 30.3 Å². The molecule has 150 valence electrons. The Labute approximate surface area is 162 Å². The molecule has 7 heteroatoms. The predicted octanol–water partition coefficient (Wildman–Crippen LogP) is 1.16. The molecule has 2 amide bonds. The zero-order chi connectivity index (χ0) is 19.9. The van der Waals surface area contributed by atoms with Crippen molar-refractivity contribution >= 4 is 17.8 Å². The molecule has 27 heavy (non-hydrogen) atoms. The number of hydrogen-bond acceptors (Lipinski definition) is 3. The summed E-state index contributed by atoms with van der Waals surface area (Å²) >= 11 is 0. The van der Waals surface area contributed by atoms with Crippen LogP contribution in [0.25, 0.3) is 0 Å². The van der Waals surface area contributed by atoms with Crippen LogP contribution in [0.2, 0.25) is 0 Å². The van der Waals surface area contributed by atoms with Crippen molar-refractivity contribution in [2.24, 2.45) is 4.99 Å². The number of guanidine groups is 1. The molecule has 0 fully saturated rings. The summed E-state index contributed by atoms with van der Waals surface area (Å²) < 4.78 is 0. The summed E-state index contributed by atoms with van der Waals surface area (Å²) in [6.45, 7) is 9.13. The first kappa shape index (κ1) is 22.5. The highest BCUT2D eigenvalue weighted by molar-refractivity contribution is 5.85. The van der Waals surface area contributed by atoms with Crippen LogP contribution in [0.15, 0.2) is 35.3 Å². The van der Waals surface area contributed by atoms with E-state index in [-0.39, 0.29) is 18.4 Å². The predicted molar refractivity (Wildman–Crippen MR) is 110 cm³/mol. The lowest BCUT2D eigenvalue weighted by molar-refractivity contribution is -0.130. The Morgan fingerprint density at radius 3 is 2.30 bits per heavy atom. The third kappa shape index (κ3) is 9.63. The lowest BCUT2D eigenvalue weighted by Crippen LogP contribution is -2.41.